The van der Waals surface area contributed by atoms with Crippen molar-refractivity contribution in [1.82, 2.24) is 0 Å². The molecule has 0 heterocycles. The molecule has 0 aromatic heterocycles. The van der Waals surface area contributed by atoms with Crippen molar-refractivity contribution in [3.8, 4) is 0 Å². The van der Waals surface area contributed by atoms with E-state index in [1.165, 1.54) is 6.07 Å². The number of rotatable bonds is 4. The van der Waals surface area contributed by atoms with Crippen molar-refractivity contribution in [3.05, 3.63) is 29.6 Å². The van der Waals surface area contributed by atoms with Crippen molar-refractivity contribution < 1.29 is 14.6 Å². The maximum Gasteiger partial charge on any atom is 0.131 e. The zero-order valence-electron chi connectivity index (χ0n) is 11.6. The molecule has 0 spiro atoms. The molecule has 106 valence electrons. The Morgan fingerprint density at radius 3 is 2.58 bits per heavy atom. The second-order valence-electron chi connectivity index (χ2n) is 5.64. The number of hydrogen-bond donors (Lipinski definition) is 2. The Hall–Kier alpha value is -1.13. The SMILES string of the molecule is CC(O)c1c(F)cccc1N(C)CC1(O)CCCC1. The van der Waals surface area contributed by atoms with Gasteiger partial charge < -0.3 is 15.1 Å². The standard InChI is InChI=1S/C15H22FNO2/c1-11(18)14-12(16)6-5-7-13(14)17(2)10-15(19)8-3-4-9-15/h5-7,11,18-19H,3-4,8-10H2,1-2H3. The van der Waals surface area contributed by atoms with Crippen molar-refractivity contribution in [2.75, 3.05) is 18.5 Å². The summed E-state index contributed by atoms with van der Waals surface area (Å²) in [5.74, 6) is -0.405. The van der Waals surface area contributed by atoms with Crippen molar-refractivity contribution in [3.63, 3.8) is 0 Å². The van der Waals surface area contributed by atoms with Gasteiger partial charge in [-0.25, -0.2) is 4.39 Å². The highest BCUT2D eigenvalue weighted by molar-refractivity contribution is 5.55. The first kappa shape index (κ1) is 14.3. The largest absolute Gasteiger partial charge is 0.389 e. The van der Waals surface area contributed by atoms with Gasteiger partial charge in [0.25, 0.3) is 0 Å². The fraction of sp³-hybridized carbons (Fsp3) is 0.600. The van der Waals surface area contributed by atoms with E-state index in [1.54, 1.807) is 19.1 Å². The summed E-state index contributed by atoms with van der Waals surface area (Å²) in [4.78, 5) is 1.84. The van der Waals surface area contributed by atoms with Crippen LogP contribution in [-0.4, -0.2) is 29.4 Å². The Bertz CT molecular complexity index is 442. The van der Waals surface area contributed by atoms with Gasteiger partial charge in [-0.2, -0.15) is 0 Å². The number of aliphatic hydroxyl groups excluding tert-OH is 1. The van der Waals surface area contributed by atoms with Crippen LogP contribution in [0.3, 0.4) is 0 Å². The first-order valence-corrected chi connectivity index (χ1v) is 6.83. The number of nitrogens with zero attached hydrogens (tertiary/aromatic N) is 1. The van der Waals surface area contributed by atoms with Crippen LogP contribution in [0.4, 0.5) is 10.1 Å². The molecule has 1 aromatic rings. The van der Waals surface area contributed by atoms with E-state index >= 15 is 0 Å². The van der Waals surface area contributed by atoms with Crippen LogP contribution in [0.5, 0.6) is 0 Å². The van der Waals surface area contributed by atoms with Gasteiger partial charge in [0.15, 0.2) is 0 Å². The molecule has 1 unspecified atom stereocenters. The third-order valence-corrected chi connectivity index (χ3v) is 3.92. The van der Waals surface area contributed by atoms with Gasteiger partial charge in [-0.3, -0.25) is 0 Å². The molecule has 1 fully saturated rings. The molecule has 1 aliphatic carbocycles. The van der Waals surface area contributed by atoms with E-state index in [0.29, 0.717) is 17.8 Å². The lowest BCUT2D eigenvalue weighted by Gasteiger charge is -2.31. The quantitative estimate of drug-likeness (QED) is 0.881. The average Bonchev–Trinajstić information content (AvgIpc) is 2.74. The fourth-order valence-electron chi connectivity index (χ4n) is 2.99. The number of aliphatic hydroxyl groups is 2. The molecule has 1 aromatic carbocycles. The highest BCUT2D eigenvalue weighted by Gasteiger charge is 2.33. The van der Waals surface area contributed by atoms with Gasteiger partial charge in [-0.05, 0) is 31.9 Å². The maximum absolute atomic E-state index is 13.8. The van der Waals surface area contributed by atoms with Crippen LogP contribution in [0.25, 0.3) is 0 Å². The van der Waals surface area contributed by atoms with Gasteiger partial charge in [0.2, 0.25) is 0 Å². The Balaban J connectivity index is 2.23. The molecule has 1 aliphatic rings. The maximum atomic E-state index is 13.8. The van der Waals surface area contributed by atoms with E-state index in [9.17, 15) is 14.6 Å². The van der Waals surface area contributed by atoms with Crippen molar-refractivity contribution in [2.24, 2.45) is 0 Å². The molecule has 19 heavy (non-hydrogen) atoms. The first-order valence-electron chi connectivity index (χ1n) is 6.83. The zero-order valence-corrected chi connectivity index (χ0v) is 11.6. The Morgan fingerprint density at radius 1 is 1.37 bits per heavy atom. The van der Waals surface area contributed by atoms with Crippen LogP contribution >= 0.6 is 0 Å². The van der Waals surface area contributed by atoms with E-state index in [0.717, 1.165) is 25.7 Å². The predicted molar refractivity (Wildman–Crippen MR) is 73.7 cm³/mol. The lowest BCUT2D eigenvalue weighted by Crippen LogP contribution is -2.39. The second kappa shape index (κ2) is 5.47. The summed E-state index contributed by atoms with van der Waals surface area (Å²) in [6.07, 6.45) is 2.79. The van der Waals surface area contributed by atoms with Crippen LogP contribution in [0.2, 0.25) is 0 Å². The molecule has 2 rings (SSSR count). The average molecular weight is 267 g/mol. The zero-order chi connectivity index (χ0) is 14.0. The lowest BCUT2D eigenvalue weighted by atomic mass is 10.0. The molecular weight excluding hydrogens is 245 g/mol. The summed E-state index contributed by atoms with van der Waals surface area (Å²) in [7, 11) is 1.83. The third kappa shape index (κ3) is 3.07. The monoisotopic (exact) mass is 267 g/mol. The summed E-state index contributed by atoms with van der Waals surface area (Å²) in [5.41, 5.74) is 0.263. The number of benzene rings is 1. The minimum atomic E-state index is -0.864. The Morgan fingerprint density at radius 2 is 2.00 bits per heavy atom. The van der Waals surface area contributed by atoms with Gasteiger partial charge >= 0.3 is 0 Å². The van der Waals surface area contributed by atoms with Gasteiger partial charge in [0.1, 0.15) is 5.82 Å². The van der Waals surface area contributed by atoms with E-state index in [4.69, 9.17) is 0 Å². The summed E-state index contributed by atoms with van der Waals surface area (Å²) >= 11 is 0. The highest BCUT2D eigenvalue weighted by Crippen LogP contribution is 2.33. The fourth-order valence-corrected chi connectivity index (χ4v) is 2.99. The normalized spacial score (nSPS) is 19.4. The van der Waals surface area contributed by atoms with Crippen molar-refractivity contribution in [1.29, 1.82) is 0 Å². The van der Waals surface area contributed by atoms with E-state index in [1.807, 2.05) is 11.9 Å². The third-order valence-electron chi connectivity index (χ3n) is 3.92. The van der Waals surface area contributed by atoms with E-state index < -0.39 is 17.5 Å². The molecule has 0 aliphatic heterocycles. The van der Waals surface area contributed by atoms with Crippen LogP contribution in [-0.2, 0) is 0 Å². The molecule has 0 bridgehead atoms. The highest BCUT2D eigenvalue weighted by atomic mass is 19.1. The molecule has 4 heteroatoms. The molecule has 1 saturated carbocycles. The molecular formula is C15H22FNO2. The Kier molecular flexibility index (Phi) is 4.11. The predicted octanol–water partition coefficient (Wildman–Crippen LogP) is 2.62. The van der Waals surface area contributed by atoms with E-state index in [-0.39, 0.29) is 0 Å². The number of hydrogen-bond acceptors (Lipinski definition) is 3. The molecule has 3 nitrogen and oxygen atoms in total. The number of likely N-dealkylation sites (N-methyl/N-ethyl adjacent to an activating group) is 1. The smallest absolute Gasteiger partial charge is 0.131 e. The van der Waals surface area contributed by atoms with Gasteiger partial charge in [-0.15, -0.1) is 0 Å². The minimum Gasteiger partial charge on any atom is -0.389 e. The molecule has 2 N–H and O–H groups in total. The topological polar surface area (TPSA) is 43.7 Å². The molecule has 1 atom stereocenters. The van der Waals surface area contributed by atoms with Gasteiger partial charge in [-0.1, -0.05) is 18.9 Å². The van der Waals surface area contributed by atoms with Crippen LogP contribution in [0.15, 0.2) is 18.2 Å². The minimum absolute atomic E-state index is 0.298. The van der Waals surface area contributed by atoms with Crippen LogP contribution < -0.4 is 4.90 Å². The van der Waals surface area contributed by atoms with E-state index in [2.05, 4.69) is 0 Å². The Labute approximate surface area is 113 Å². The summed E-state index contributed by atoms with van der Waals surface area (Å²) < 4.78 is 13.8. The van der Waals surface area contributed by atoms with Crippen LogP contribution in [0, 0.1) is 5.82 Å². The molecule has 0 saturated heterocycles. The summed E-state index contributed by atoms with van der Waals surface area (Å²) in [6.45, 7) is 2.02. The molecule has 0 radical (unpaired) electrons. The van der Waals surface area contributed by atoms with Crippen LogP contribution in [0.1, 0.15) is 44.3 Å². The number of anilines is 1. The summed E-state index contributed by atoms with van der Waals surface area (Å²) in [5, 5.41) is 20.2. The first-order chi connectivity index (χ1) is 8.93. The summed E-state index contributed by atoms with van der Waals surface area (Å²) in [6, 6.07) is 4.76. The lowest BCUT2D eigenvalue weighted by molar-refractivity contribution is 0.0557. The van der Waals surface area contributed by atoms with Crippen molar-refractivity contribution in [2.45, 2.75) is 44.3 Å². The van der Waals surface area contributed by atoms with Gasteiger partial charge in [0.05, 0.1) is 11.7 Å². The molecule has 0 amide bonds. The second-order valence-corrected chi connectivity index (χ2v) is 5.64. The number of halogens is 1. The van der Waals surface area contributed by atoms with Crippen molar-refractivity contribution >= 4 is 5.69 Å². The van der Waals surface area contributed by atoms with Gasteiger partial charge in [0, 0.05) is 24.8 Å².